The standard InChI is InChI=1S/C20H21FN2O2/c1-14-3-2-4-18(13-14)22-19(24)15-9-11-23(12-10-15)20(25)16-5-7-17(21)8-6-16/h2-8,13,15H,9-12H2,1H3,(H,22,24). The molecule has 0 aliphatic carbocycles. The van der Waals surface area contributed by atoms with Crippen molar-refractivity contribution in [1.29, 1.82) is 0 Å². The van der Waals surface area contributed by atoms with Gasteiger partial charge in [-0.3, -0.25) is 9.59 Å². The van der Waals surface area contributed by atoms with Gasteiger partial charge in [0.2, 0.25) is 5.91 Å². The van der Waals surface area contributed by atoms with Gasteiger partial charge in [-0.1, -0.05) is 12.1 Å². The average Bonchev–Trinajstić information content (AvgIpc) is 2.62. The van der Waals surface area contributed by atoms with Gasteiger partial charge >= 0.3 is 0 Å². The van der Waals surface area contributed by atoms with Crippen molar-refractivity contribution in [2.45, 2.75) is 19.8 Å². The molecule has 0 radical (unpaired) electrons. The highest BCUT2D eigenvalue weighted by molar-refractivity contribution is 5.95. The summed E-state index contributed by atoms with van der Waals surface area (Å²) in [6.07, 6.45) is 1.26. The summed E-state index contributed by atoms with van der Waals surface area (Å²) in [5.41, 5.74) is 2.37. The van der Waals surface area contributed by atoms with Crippen LogP contribution in [0.5, 0.6) is 0 Å². The minimum Gasteiger partial charge on any atom is -0.339 e. The van der Waals surface area contributed by atoms with Gasteiger partial charge in [0.25, 0.3) is 5.91 Å². The Kier molecular flexibility index (Phi) is 5.12. The molecule has 3 rings (SSSR count). The zero-order valence-electron chi connectivity index (χ0n) is 14.2. The van der Waals surface area contributed by atoms with Gasteiger partial charge in [-0.15, -0.1) is 0 Å². The fourth-order valence-electron chi connectivity index (χ4n) is 3.09. The fraction of sp³-hybridized carbons (Fsp3) is 0.300. The van der Waals surface area contributed by atoms with Crippen LogP contribution in [0.4, 0.5) is 10.1 Å². The van der Waals surface area contributed by atoms with Gasteiger partial charge in [0.05, 0.1) is 0 Å². The summed E-state index contributed by atoms with van der Waals surface area (Å²) in [6.45, 7) is 3.04. The van der Waals surface area contributed by atoms with Crippen molar-refractivity contribution in [2.75, 3.05) is 18.4 Å². The molecule has 0 bridgehead atoms. The summed E-state index contributed by atoms with van der Waals surface area (Å²) in [5, 5.41) is 2.95. The Morgan fingerprint density at radius 2 is 1.76 bits per heavy atom. The number of likely N-dealkylation sites (tertiary alicyclic amines) is 1. The van der Waals surface area contributed by atoms with Crippen molar-refractivity contribution in [1.82, 2.24) is 4.90 Å². The topological polar surface area (TPSA) is 49.4 Å². The van der Waals surface area contributed by atoms with E-state index in [9.17, 15) is 14.0 Å². The third-order valence-corrected chi connectivity index (χ3v) is 4.53. The van der Waals surface area contributed by atoms with Crippen molar-refractivity contribution >= 4 is 17.5 Å². The van der Waals surface area contributed by atoms with E-state index in [4.69, 9.17) is 0 Å². The number of piperidine rings is 1. The minimum atomic E-state index is -0.358. The molecule has 130 valence electrons. The Hall–Kier alpha value is -2.69. The smallest absolute Gasteiger partial charge is 0.253 e. The first kappa shape index (κ1) is 17.1. The van der Waals surface area contributed by atoms with Gasteiger partial charge in [0.15, 0.2) is 0 Å². The number of halogens is 1. The van der Waals surface area contributed by atoms with Crippen LogP contribution in [0.25, 0.3) is 0 Å². The zero-order chi connectivity index (χ0) is 17.8. The average molecular weight is 340 g/mol. The lowest BCUT2D eigenvalue weighted by Crippen LogP contribution is -2.41. The van der Waals surface area contributed by atoms with E-state index >= 15 is 0 Å². The number of amides is 2. The molecule has 2 aromatic rings. The highest BCUT2D eigenvalue weighted by Crippen LogP contribution is 2.21. The molecule has 1 fully saturated rings. The number of aryl methyl sites for hydroxylation is 1. The number of benzene rings is 2. The summed E-state index contributed by atoms with van der Waals surface area (Å²) < 4.78 is 13.0. The first-order chi connectivity index (χ1) is 12.0. The summed E-state index contributed by atoms with van der Waals surface area (Å²) in [4.78, 5) is 26.6. The number of carbonyl (C=O) groups excluding carboxylic acids is 2. The van der Waals surface area contributed by atoms with E-state index in [-0.39, 0.29) is 23.5 Å². The van der Waals surface area contributed by atoms with Crippen LogP contribution in [-0.4, -0.2) is 29.8 Å². The highest BCUT2D eigenvalue weighted by atomic mass is 19.1. The minimum absolute atomic E-state index is 0.000480. The van der Waals surface area contributed by atoms with Crippen molar-refractivity contribution in [3.8, 4) is 0 Å². The Morgan fingerprint density at radius 1 is 1.08 bits per heavy atom. The second kappa shape index (κ2) is 7.47. The van der Waals surface area contributed by atoms with Crippen LogP contribution in [0.2, 0.25) is 0 Å². The summed E-state index contributed by atoms with van der Waals surface area (Å²) in [7, 11) is 0. The largest absolute Gasteiger partial charge is 0.339 e. The predicted octanol–water partition coefficient (Wildman–Crippen LogP) is 3.63. The molecule has 1 N–H and O–H groups in total. The third kappa shape index (κ3) is 4.24. The molecule has 1 heterocycles. The maximum absolute atomic E-state index is 13.0. The van der Waals surface area contributed by atoms with E-state index in [1.54, 1.807) is 4.90 Å². The Bertz CT molecular complexity index is 766. The van der Waals surface area contributed by atoms with E-state index < -0.39 is 0 Å². The van der Waals surface area contributed by atoms with Gasteiger partial charge in [0, 0.05) is 30.3 Å². The molecule has 0 unspecified atom stereocenters. The summed E-state index contributed by atoms with van der Waals surface area (Å²) >= 11 is 0. The molecule has 0 aromatic heterocycles. The quantitative estimate of drug-likeness (QED) is 0.928. The van der Waals surface area contributed by atoms with Crippen LogP contribution in [-0.2, 0) is 4.79 Å². The lowest BCUT2D eigenvalue weighted by atomic mass is 9.95. The highest BCUT2D eigenvalue weighted by Gasteiger charge is 2.27. The van der Waals surface area contributed by atoms with Crippen molar-refractivity contribution in [2.24, 2.45) is 5.92 Å². The number of hydrogen-bond donors (Lipinski definition) is 1. The molecule has 25 heavy (non-hydrogen) atoms. The van der Waals surface area contributed by atoms with E-state index in [0.29, 0.717) is 31.5 Å². The number of carbonyl (C=O) groups is 2. The first-order valence-electron chi connectivity index (χ1n) is 8.45. The molecular weight excluding hydrogens is 319 g/mol. The fourth-order valence-corrected chi connectivity index (χ4v) is 3.09. The van der Waals surface area contributed by atoms with Gasteiger partial charge < -0.3 is 10.2 Å². The lowest BCUT2D eigenvalue weighted by Gasteiger charge is -2.31. The van der Waals surface area contributed by atoms with Gasteiger partial charge in [-0.25, -0.2) is 4.39 Å². The van der Waals surface area contributed by atoms with Gasteiger partial charge in [-0.05, 0) is 61.7 Å². The Balaban J connectivity index is 1.55. The predicted molar refractivity (Wildman–Crippen MR) is 94.8 cm³/mol. The molecule has 0 saturated carbocycles. The van der Waals surface area contributed by atoms with Crippen LogP contribution < -0.4 is 5.32 Å². The van der Waals surface area contributed by atoms with E-state index in [0.717, 1.165) is 11.3 Å². The van der Waals surface area contributed by atoms with Crippen LogP contribution in [0, 0.1) is 18.7 Å². The molecule has 4 nitrogen and oxygen atoms in total. The molecule has 5 heteroatoms. The Morgan fingerprint density at radius 3 is 2.40 bits per heavy atom. The van der Waals surface area contributed by atoms with Crippen LogP contribution in [0.3, 0.4) is 0 Å². The number of nitrogens with one attached hydrogen (secondary N) is 1. The maximum Gasteiger partial charge on any atom is 0.253 e. The van der Waals surface area contributed by atoms with Crippen molar-refractivity contribution < 1.29 is 14.0 Å². The lowest BCUT2D eigenvalue weighted by molar-refractivity contribution is -0.121. The summed E-state index contributed by atoms with van der Waals surface area (Å²) in [6, 6.07) is 13.3. The van der Waals surface area contributed by atoms with Gasteiger partial charge in [-0.2, -0.15) is 0 Å². The van der Waals surface area contributed by atoms with Crippen molar-refractivity contribution in [3.63, 3.8) is 0 Å². The second-order valence-electron chi connectivity index (χ2n) is 6.43. The maximum atomic E-state index is 13.0. The van der Waals surface area contributed by atoms with E-state index in [2.05, 4.69) is 5.32 Å². The van der Waals surface area contributed by atoms with E-state index in [1.807, 2.05) is 31.2 Å². The molecule has 0 spiro atoms. The molecule has 2 aromatic carbocycles. The molecule has 1 aliphatic heterocycles. The molecule has 2 amide bonds. The first-order valence-corrected chi connectivity index (χ1v) is 8.45. The molecule has 1 aliphatic rings. The number of rotatable bonds is 3. The molecular formula is C20H21FN2O2. The van der Waals surface area contributed by atoms with Gasteiger partial charge in [0.1, 0.15) is 5.82 Å². The van der Waals surface area contributed by atoms with Crippen molar-refractivity contribution in [3.05, 3.63) is 65.5 Å². The van der Waals surface area contributed by atoms with Crippen LogP contribution in [0.15, 0.2) is 48.5 Å². The molecule has 0 atom stereocenters. The van der Waals surface area contributed by atoms with Crippen LogP contribution in [0.1, 0.15) is 28.8 Å². The Labute approximate surface area is 146 Å². The molecule has 1 saturated heterocycles. The van der Waals surface area contributed by atoms with Crippen LogP contribution >= 0.6 is 0 Å². The SMILES string of the molecule is Cc1cccc(NC(=O)C2CCN(C(=O)c3ccc(F)cc3)CC2)c1. The monoisotopic (exact) mass is 340 g/mol. The second-order valence-corrected chi connectivity index (χ2v) is 6.43. The van der Waals surface area contributed by atoms with E-state index in [1.165, 1.54) is 24.3 Å². The normalized spacial score (nSPS) is 15.0. The number of hydrogen-bond acceptors (Lipinski definition) is 2. The summed E-state index contributed by atoms with van der Waals surface area (Å²) in [5.74, 6) is -0.571. The third-order valence-electron chi connectivity index (χ3n) is 4.53. The zero-order valence-corrected chi connectivity index (χ0v) is 14.2. The number of nitrogens with zero attached hydrogens (tertiary/aromatic N) is 1. The number of anilines is 1.